The van der Waals surface area contributed by atoms with E-state index in [4.69, 9.17) is 4.74 Å². The van der Waals surface area contributed by atoms with E-state index in [1.807, 2.05) is 7.05 Å². The highest BCUT2D eigenvalue weighted by Crippen LogP contribution is 2.30. The molecule has 0 unspecified atom stereocenters. The summed E-state index contributed by atoms with van der Waals surface area (Å²) in [6, 6.07) is 4.90. The van der Waals surface area contributed by atoms with E-state index in [2.05, 4.69) is 4.90 Å². The Bertz CT molecular complexity index is 386. The number of ether oxygens (including phenoxy) is 1. The zero-order chi connectivity index (χ0) is 13.2. The molecule has 19 heavy (non-hydrogen) atoms. The summed E-state index contributed by atoms with van der Waals surface area (Å²) in [6.07, 6.45) is -2.35. The van der Waals surface area contributed by atoms with Crippen LogP contribution in [-0.4, -0.2) is 31.1 Å². The van der Waals surface area contributed by atoms with E-state index in [1.165, 1.54) is 12.1 Å². The largest absolute Gasteiger partial charge is 0.490 e. The number of hydrogen-bond donors (Lipinski definition) is 0. The summed E-state index contributed by atoms with van der Waals surface area (Å²) in [4.78, 5) is 2.21. The predicted molar refractivity (Wildman–Crippen MR) is 69.8 cm³/mol. The van der Waals surface area contributed by atoms with Crippen LogP contribution in [0.25, 0.3) is 0 Å². The molecule has 0 atom stereocenters. The van der Waals surface area contributed by atoms with Gasteiger partial charge in [-0.05, 0) is 44.2 Å². The third kappa shape index (κ3) is 4.58. The van der Waals surface area contributed by atoms with E-state index in [1.54, 1.807) is 0 Å². The lowest BCUT2D eigenvalue weighted by molar-refractivity contribution is -0.137. The number of piperidine rings is 1. The van der Waals surface area contributed by atoms with Crippen molar-refractivity contribution in [3.8, 4) is 5.75 Å². The van der Waals surface area contributed by atoms with Crippen LogP contribution >= 0.6 is 12.4 Å². The Labute approximate surface area is 117 Å². The molecule has 0 aliphatic carbocycles. The molecule has 0 amide bonds. The van der Waals surface area contributed by atoms with Crippen LogP contribution in [0.3, 0.4) is 0 Å². The second-order valence-corrected chi connectivity index (χ2v) is 4.64. The van der Waals surface area contributed by atoms with Gasteiger partial charge in [0.15, 0.2) is 0 Å². The maximum Gasteiger partial charge on any atom is 0.416 e. The molecule has 0 spiro atoms. The Morgan fingerprint density at radius 3 is 2.11 bits per heavy atom. The molecule has 2 rings (SSSR count). The molecular weight excluding hydrogens is 279 g/mol. The molecule has 0 bridgehead atoms. The smallest absolute Gasteiger partial charge is 0.416 e. The van der Waals surface area contributed by atoms with Gasteiger partial charge in [-0.3, -0.25) is 0 Å². The van der Waals surface area contributed by atoms with Crippen molar-refractivity contribution in [2.75, 3.05) is 20.1 Å². The van der Waals surface area contributed by atoms with Crippen molar-refractivity contribution in [1.29, 1.82) is 0 Å². The van der Waals surface area contributed by atoms with Crippen LogP contribution < -0.4 is 4.74 Å². The Balaban J connectivity index is 0.00000180. The van der Waals surface area contributed by atoms with Gasteiger partial charge in [0.1, 0.15) is 11.9 Å². The minimum absolute atomic E-state index is 0. The molecule has 1 saturated heterocycles. The average molecular weight is 296 g/mol. The van der Waals surface area contributed by atoms with E-state index in [0.29, 0.717) is 5.75 Å². The van der Waals surface area contributed by atoms with Crippen molar-refractivity contribution in [3.05, 3.63) is 29.8 Å². The molecule has 0 N–H and O–H groups in total. The van der Waals surface area contributed by atoms with Crippen LogP contribution in [0.4, 0.5) is 13.2 Å². The molecule has 0 saturated carbocycles. The molecule has 1 fully saturated rings. The first kappa shape index (κ1) is 16.1. The monoisotopic (exact) mass is 295 g/mol. The maximum absolute atomic E-state index is 12.4. The summed E-state index contributed by atoms with van der Waals surface area (Å²) in [7, 11) is 2.05. The molecule has 0 aromatic heterocycles. The number of alkyl halides is 3. The Morgan fingerprint density at radius 2 is 1.63 bits per heavy atom. The fourth-order valence-electron chi connectivity index (χ4n) is 2.02. The summed E-state index contributed by atoms with van der Waals surface area (Å²) in [5.74, 6) is 0.512. The predicted octanol–water partition coefficient (Wildman–Crippen LogP) is 3.60. The number of halogens is 4. The quantitative estimate of drug-likeness (QED) is 0.826. The van der Waals surface area contributed by atoms with Gasteiger partial charge in [0.25, 0.3) is 0 Å². The van der Waals surface area contributed by atoms with Gasteiger partial charge in [-0.2, -0.15) is 13.2 Å². The fraction of sp³-hybridized carbons (Fsp3) is 0.538. The summed E-state index contributed by atoms with van der Waals surface area (Å²) in [5, 5.41) is 0. The van der Waals surface area contributed by atoms with Crippen LogP contribution in [0.1, 0.15) is 18.4 Å². The number of rotatable bonds is 2. The first-order chi connectivity index (χ1) is 8.45. The van der Waals surface area contributed by atoms with Gasteiger partial charge in [0.2, 0.25) is 0 Å². The highest BCUT2D eigenvalue weighted by Gasteiger charge is 2.30. The molecule has 6 heteroatoms. The first-order valence-electron chi connectivity index (χ1n) is 5.97. The fourth-order valence-corrected chi connectivity index (χ4v) is 2.02. The highest BCUT2D eigenvalue weighted by molar-refractivity contribution is 5.85. The number of likely N-dealkylation sites (tertiary alicyclic amines) is 1. The molecule has 1 aliphatic rings. The Hall–Kier alpha value is -0.940. The molecule has 2 nitrogen and oxygen atoms in total. The summed E-state index contributed by atoms with van der Waals surface area (Å²) < 4.78 is 42.8. The molecule has 1 aromatic rings. The molecular formula is C13H17ClF3NO. The van der Waals surface area contributed by atoms with E-state index in [-0.39, 0.29) is 18.5 Å². The maximum atomic E-state index is 12.4. The molecule has 1 aromatic carbocycles. The second kappa shape index (κ2) is 6.48. The van der Waals surface area contributed by atoms with Crippen LogP contribution in [0.15, 0.2) is 24.3 Å². The second-order valence-electron chi connectivity index (χ2n) is 4.64. The summed E-state index contributed by atoms with van der Waals surface area (Å²) in [6.45, 7) is 1.93. The van der Waals surface area contributed by atoms with Gasteiger partial charge in [-0.1, -0.05) is 0 Å². The van der Waals surface area contributed by atoms with E-state index < -0.39 is 11.7 Å². The lowest BCUT2D eigenvalue weighted by atomic mass is 10.1. The van der Waals surface area contributed by atoms with E-state index >= 15 is 0 Å². The highest BCUT2D eigenvalue weighted by atomic mass is 35.5. The number of hydrogen-bond acceptors (Lipinski definition) is 2. The van der Waals surface area contributed by atoms with Gasteiger partial charge in [-0.25, -0.2) is 0 Å². The van der Waals surface area contributed by atoms with Crippen molar-refractivity contribution in [2.24, 2.45) is 0 Å². The molecule has 108 valence electrons. The third-order valence-corrected chi connectivity index (χ3v) is 3.15. The van der Waals surface area contributed by atoms with Crippen LogP contribution in [-0.2, 0) is 6.18 Å². The number of nitrogens with zero attached hydrogens (tertiary/aromatic N) is 1. The zero-order valence-corrected chi connectivity index (χ0v) is 11.4. The summed E-state index contributed by atoms with van der Waals surface area (Å²) >= 11 is 0. The molecule has 1 heterocycles. The summed E-state index contributed by atoms with van der Waals surface area (Å²) in [5.41, 5.74) is -0.641. The van der Waals surface area contributed by atoms with E-state index in [0.717, 1.165) is 38.1 Å². The average Bonchev–Trinajstić information content (AvgIpc) is 2.32. The SMILES string of the molecule is CN1CCC(Oc2ccc(C(F)(F)F)cc2)CC1.Cl. The Kier molecular flexibility index (Phi) is 5.50. The van der Waals surface area contributed by atoms with Crippen molar-refractivity contribution in [2.45, 2.75) is 25.1 Å². The van der Waals surface area contributed by atoms with Gasteiger partial charge in [0.05, 0.1) is 5.56 Å². The van der Waals surface area contributed by atoms with Gasteiger partial charge >= 0.3 is 6.18 Å². The standard InChI is InChI=1S/C13H16F3NO.ClH/c1-17-8-6-12(7-9-17)18-11-4-2-10(3-5-11)13(14,15)16;/h2-5,12H,6-9H2,1H3;1H. The normalized spacial score (nSPS) is 17.9. The van der Waals surface area contributed by atoms with Crippen molar-refractivity contribution in [3.63, 3.8) is 0 Å². The van der Waals surface area contributed by atoms with Crippen LogP contribution in [0, 0.1) is 0 Å². The lowest BCUT2D eigenvalue weighted by Gasteiger charge is -2.29. The van der Waals surface area contributed by atoms with Crippen molar-refractivity contribution < 1.29 is 17.9 Å². The number of benzene rings is 1. The minimum atomic E-state index is -4.29. The zero-order valence-electron chi connectivity index (χ0n) is 10.6. The molecule has 1 aliphatic heterocycles. The van der Waals surface area contributed by atoms with Gasteiger partial charge in [0, 0.05) is 13.1 Å². The van der Waals surface area contributed by atoms with Crippen LogP contribution in [0.5, 0.6) is 5.75 Å². The van der Waals surface area contributed by atoms with E-state index in [9.17, 15) is 13.2 Å². The van der Waals surface area contributed by atoms with Crippen molar-refractivity contribution in [1.82, 2.24) is 4.90 Å². The molecule has 0 radical (unpaired) electrons. The van der Waals surface area contributed by atoms with Gasteiger partial charge in [-0.15, -0.1) is 12.4 Å². The Morgan fingerprint density at radius 1 is 1.11 bits per heavy atom. The third-order valence-electron chi connectivity index (χ3n) is 3.15. The van der Waals surface area contributed by atoms with Crippen LogP contribution in [0.2, 0.25) is 0 Å². The van der Waals surface area contributed by atoms with Crippen molar-refractivity contribution >= 4 is 12.4 Å². The van der Waals surface area contributed by atoms with Gasteiger partial charge < -0.3 is 9.64 Å². The minimum Gasteiger partial charge on any atom is -0.490 e. The topological polar surface area (TPSA) is 12.5 Å². The first-order valence-corrected chi connectivity index (χ1v) is 5.97. The lowest BCUT2D eigenvalue weighted by Crippen LogP contribution is -2.35.